The fraction of sp³-hybridized carbons (Fsp3) is 0.476. The molecule has 3 aromatic rings. The average Bonchev–Trinajstić information content (AvgIpc) is 3.23. The highest BCUT2D eigenvalue weighted by atomic mass is 16.3. The molecule has 1 aliphatic carbocycles. The van der Waals surface area contributed by atoms with E-state index in [2.05, 4.69) is 25.6 Å². The number of aliphatic hydroxyl groups is 3. The molecule has 4 atom stereocenters. The molecule has 0 saturated heterocycles. The van der Waals surface area contributed by atoms with Gasteiger partial charge in [-0.15, -0.1) is 0 Å². The fourth-order valence-electron chi connectivity index (χ4n) is 4.20. The van der Waals surface area contributed by atoms with Gasteiger partial charge in [-0.3, -0.25) is 4.98 Å². The zero-order valence-electron chi connectivity index (χ0n) is 17.5. The molecule has 0 aliphatic heterocycles. The van der Waals surface area contributed by atoms with Gasteiger partial charge in [0.25, 0.3) is 0 Å². The van der Waals surface area contributed by atoms with E-state index < -0.39 is 24.2 Å². The Morgan fingerprint density at radius 2 is 1.83 bits per heavy atom. The quantitative estimate of drug-likeness (QED) is 0.424. The van der Waals surface area contributed by atoms with Crippen LogP contribution in [-0.2, 0) is 0 Å². The standard InChI is InChI=1S/C21H27N5O4/c1-9-5-12-7-15(30-19(12)11(3)23-9)16-10(2)24-21(22-4)26-20(16)25-14-6-13(8-27)17(28)18(14)29/h5,7,13-14,17-18,27-29H,6,8H2,1-4H3,(H2,22,24,25,26)/t13-,14-,17-,18+/m1/s1. The number of hydrogen-bond donors (Lipinski definition) is 5. The maximum Gasteiger partial charge on any atom is 0.224 e. The van der Waals surface area contributed by atoms with E-state index in [4.69, 9.17) is 4.42 Å². The van der Waals surface area contributed by atoms with Gasteiger partial charge in [0.15, 0.2) is 5.58 Å². The molecule has 30 heavy (non-hydrogen) atoms. The number of hydrogen-bond acceptors (Lipinski definition) is 9. The minimum absolute atomic E-state index is 0.191. The summed E-state index contributed by atoms with van der Waals surface area (Å²) in [6.45, 7) is 5.51. The first kappa shape index (κ1) is 20.5. The summed E-state index contributed by atoms with van der Waals surface area (Å²) in [5.41, 5.74) is 3.79. The predicted octanol–water partition coefficient (Wildman–Crippen LogP) is 1.77. The van der Waals surface area contributed by atoms with Gasteiger partial charge in [-0.2, -0.15) is 4.98 Å². The topological polar surface area (TPSA) is 137 Å². The van der Waals surface area contributed by atoms with Crippen LogP contribution in [0, 0.1) is 26.7 Å². The number of aromatic nitrogens is 3. The van der Waals surface area contributed by atoms with E-state index in [-0.39, 0.29) is 6.61 Å². The molecule has 9 nitrogen and oxygen atoms in total. The molecule has 0 radical (unpaired) electrons. The van der Waals surface area contributed by atoms with Crippen LogP contribution in [-0.4, -0.2) is 62.2 Å². The molecule has 0 unspecified atom stereocenters. The van der Waals surface area contributed by atoms with E-state index >= 15 is 0 Å². The third-order valence-electron chi connectivity index (χ3n) is 5.72. The molecule has 5 N–H and O–H groups in total. The monoisotopic (exact) mass is 413 g/mol. The maximum atomic E-state index is 10.4. The van der Waals surface area contributed by atoms with Crippen molar-refractivity contribution in [3.05, 3.63) is 29.2 Å². The summed E-state index contributed by atoms with van der Waals surface area (Å²) in [6, 6.07) is 3.43. The fourth-order valence-corrected chi connectivity index (χ4v) is 4.20. The van der Waals surface area contributed by atoms with Crippen molar-refractivity contribution in [1.82, 2.24) is 15.0 Å². The lowest BCUT2D eigenvalue weighted by atomic mass is 10.1. The molecule has 3 heterocycles. The third kappa shape index (κ3) is 3.49. The van der Waals surface area contributed by atoms with Crippen LogP contribution in [0.1, 0.15) is 23.5 Å². The summed E-state index contributed by atoms with van der Waals surface area (Å²) in [6.07, 6.45) is -1.60. The first-order chi connectivity index (χ1) is 14.3. The van der Waals surface area contributed by atoms with Crippen molar-refractivity contribution in [2.75, 3.05) is 24.3 Å². The minimum atomic E-state index is -1.02. The molecule has 1 fully saturated rings. The number of aryl methyl sites for hydroxylation is 3. The second kappa shape index (κ2) is 7.82. The van der Waals surface area contributed by atoms with Crippen molar-refractivity contribution in [2.24, 2.45) is 5.92 Å². The molecule has 160 valence electrons. The second-order valence-electron chi connectivity index (χ2n) is 7.89. The van der Waals surface area contributed by atoms with Crippen molar-refractivity contribution in [1.29, 1.82) is 0 Å². The zero-order valence-corrected chi connectivity index (χ0v) is 17.5. The highest BCUT2D eigenvalue weighted by molar-refractivity contribution is 5.87. The van der Waals surface area contributed by atoms with Crippen LogP contribution in [0.25, 0.3) is 22.3 Å². The van der Waals surface area contributed by atoms with Crippen molar-refractivity contribution in [3.8, 4) is 11.3 Å². The highest BCUT2D eigenvalue weighted by Crippen LogP contribution is 2.37. The molecule has 3 aromatic heterocycles. The van der Waals surface area contributed by atoms with E-state index in [1.165, 1.54) is 0 Å². The van der Waals surface area contributed by atoms with Crippen molar-refractivity contribution in [2.45, 2.75) is 45.4 Å². The second-order valence-corrected chi connectivity index (χ2v) is 7.89. The van der Waals surface area contributed by atoms with Crippen molar-refractivity contribution < 1.29 is 19.7 Å². The lowest BCUT2D eigenvalue weighted by Crippen LogP contribution is -2.35. The summed E-state index contributed by atoms with van der Waals surface area (Å²) < 4.78 is 6.13. The Labute approximate surface area is 174 Å². The first-order valence-corrected chi connectivity index (χ1v) is 10.0. The molecule has 0 amide bonds. The number of anilines is 2. The van der Waals surface area contributed by atoms with Crippen LogP contribution >= 0.6 is 0 Å². The van der Waals surface area contributed by atoms with Crippen LogP contribution in [0.2, 0.25) is 0 Å². The third-order valence-corrected chi connectivity index (χ3v) is 5.72. The number of rotatable bonds is 5. The molecule has 0 bridgehead atoms. The van der Waals surface area contributed by atoms with E-state index in [0.29, 0.717) is 40.8 Å². The Kier molecular flexibility index (Phi) is 5.35. The zero-order chi connectivity index (χ0) is 21.6. The average molecular weight is 413 g/mol. The van der Waals surface area contributed by atoms with E-state index in [9.17, 15) is 15.3 Å². The maximum absolute atomic E-state index is 10.4. The number of nitrogens with zero attached hydrogens (tertiary/aromatic N) is 3. The summed E-state index contributed by atoms with van der Waals surface area (Å²) in [5.74, 6) is 1.11. The van der Waals surface area contributed by atoms with Gasteiger partial charge in [0.05, 0.1) is 29.1 Å². The van der Waals surface area contributed by atoms with Gasteiger partial charge in [-0.25, -0.2) is 4.98 Å². The van der Waals surface area contributed by atoms with Gasteiger partial charge in [0.1, 0.15) is 17.7 Å². The normalized spacial score (nSPS) is 23.8. The van der Waals surface area contributed by atoms with Gasteiger partial charge in [-0.05, 0) is 39.3 Å². The molecule has 1 aliphatic rings. The van der Waals surface area contributed by atoms with Crippen LogP contribution < -0.4 is 10.6 Å². The Morgan fingerprint density at radius 1 is 1.07 bits per heavy atom. The minimum Gasteiger partial charge on any atom is -0.454 e. The molecule has 1 saturated carbocycles. The number of pyridine rings is 1. The summed E-state index contributed by atoms with van der Waals surface area (Å²) in [7, 11) is 1.73. The molecule has 0 aromatic carbocycles. The predicted molar refractivity (Wildman–Crippen MR) is 113 cm³/mol. The Balaban J connectivity index is 1.80. The summed E-state index contributed by atoms with van der Waals surface area (Å²) in [4.78, 5) is 13.5. The Morgan fingerprint density at radius 3 is 2.50 bits per heavy atom. The smallest absolute Gasteiger partial charge is 0.224 e. The number of nitrogens with one attached hydrogen (secondary N) is 2. The molecule has 4 rings (SSSR count). The van der Waals surface area contributed by atoms with Crippen LogP contribution in [0.4, 0.5) is 11.8 Å². The van der Waals surface area contributed by atoms with Crippen LogP contribution in [0.5, 0.6) is 0 Å². The highest BCUT2D eigenvalue weighted by Gasteiger charge is 2.41. The Bertz CT molecular complexity index is 1080. The van der Waals surface area contributed by atoms with Gasteiger partial charge >= 0.3 is 0 Å². The van der Waals surface area contributed by atoms with E-state index in [1.807, 2.05) is 32.9 Å². The summed E-state index contributed by atoms with van der Waals surface area (Å²) >= 11 is 0. The SMILES string of the molecule is CNc1nc(C)c(-c2cc3cc(C)nc(C)c3o2)c(N[C@@H]2C[C@H](CO)[C@@H](O)[C@H]2O)n1. The van der Waals surface area contributed by atoms with Crippen molar-refractivity contribution >= 4 is 22.7 Å². The van der Waals surface area contributed by atoms with Gasteiger partial charge < -0.3 is 30.4 Å². The van der Waals surface area contributed by atoms with Crippen molar-refractivity contribution in [3.63, 3.8) is 0 Å². The number of furan rings is 1. The number of aliphatic hydroxyl groups excluding tert-OH is 3. The largest absolute Gasteiger partial charge is 0.454 e. The molecule has 0 spiro atoms. The number of fused-ring (bicyclic) bond motifs is 1. The van der Waals surface area contributed by atoms with E-state index in [1.54, 1.807) is 7.05 Å². The lowest BCUT2D eigenvalue weighted by molar-refractivity contribution is 0.00446. The van der Waals surface area contributed by atoms with Gasteiger partial charge in [-0.1, -0.05) is 0 Å². The lowest BCUT2D eigenvalue weighted by Gasteiger charge is -2.21. The first-order valence-electron chi connectivity index (χ1n) is 10.0. The van der Waals surface area contributed by atoms with Crippen LogP contribution in [0.15, 0.2) is 16.5 Å². The van der Waals surface area contributed by atoms with Crippen LogP contribution in [0.3, 0.4) is 0 Å². The molecule has 9 heteroatoms. The Hall–Kier alpha value is -2.75. The van der Waals surface area contributed by atoms with E-state index in [0.717, 1.165) is 16.8 Å². The molecular formula is C21H27N5O4. The molecular weight excluding hydrogens is 386 g/mol. The van der Waals surface area contributed by atoms with Gasteiger partial charge in [0, 0.05) is 30.7 Å². The summed E-state index contributed by atoms with van der Waals surface area (Å²) in [5, 5.41) is 37.2. The van der Waals surface area contributed by atoms with Gasteiger partial charge in [0.2, 0.25) is 5.95 Å².